The lowest BCUT2D eigenvalue weighted by Gasteiger charge is -2.06. The SMILES string of the molecule is COC(=O)c1ccc(Cl)c(O)c1C. The van der Waals surface area contributed by atoms with E-state index in [2.05, 4.69) is 4.74 Å². The average Bonchev–Trinajstić information content (AvgIpc) is 2.13. The minimum atomic E-state index is -0.482. The van der Waals surface area contributed by atoms with Gasteiger partial charge in [0.15, 0.2) is 0 Å². The summed E-state index contributed by atoms with van der Waals surface area (Å²) in [6.07, 6.45) is 0. The van der Waals surface area contributed by atoms with E-state index in [0.717, 1.165) is 0 Å². The Labute approximate surface area is 80.9 Å². The fourth-order valence-electron chi connectivity index (χ4n) is 0.998. The van der Waals surface area contributed by atoms with E-state index in [9.17, 15) is 9.90 Å². The van der Waals surface area contributed by atoms with Gasteiger partial charge in [0.25, 0.3) is 0 Å². The second-order valence-corrected chi connectivity index (χ2v) is 2.97. The number of carbonyl (C=O) groups is 1. The highest BCUT2D eigenvalue weighted by molar-refractivity contribution is 6.32. The summed E-state index contributed by atoms with van der Waals surface area (Å²) in [4.78, 5) is 11.1. The molecule has 1 rings (SSSR count). The summed E-state index contributed by atoms with van der Waals surface area (Å²) < 4.78 is 4.52. The second-order valence-electron chi connectivity index (χ2n) is 2.56. The van der Waals surface area contributed by atoms with Crippen LogP contribution in [0.4, 0.5) is 0 Å². The van der Waals surface area contributed by atoms with Crippen LogP contribution in [0.2, 0.25) is 5.02 Å². The van der Waals surface area contributed by atoms with Crippen LogP contribution in [0.3, 0.4) is 0 Å². The van der Waals surface area contributed by atoms with E-state index in [1.54, 1.807) is 6.92 Å². The average molecular weight is 201 g/mol. The van der Waals surface area contributed by atoms with Crippen molar-refractivity contribution in [2.45, 2.75) is 6.92 Å². The minimum absolute atomic E-state index is 0.0791. The zero-order valence-corrected chi connectivity index (χ0v) is 8.05. The van der Waals surface area contributed by atoms with Crippen molar-refractivity contribution in [3.05, 3.63) is 28.3 Å². The van der Waals surface area contributed by atoms with Crippen molar-refractivity contribution < 1.29 is 14.6 Å². The molecule has 0 spiro atoms. The number of methoxy groups -OCH3 is 1. The molecule has 0 heterocycles. The van der Waals surface area contributed by atoms with Gasteiger partial charge in [0.2, 0.25) is 0 Å². The number of halogens is 1. The Bertz CT molecular complexity index is 347. The molecule has 0 bridgehead atoms. The Balaban J connectivity index is 3.26. The van der Waals surface area contributed by atoms with Crippen molar-refractivity contribution in [2.24, 2.45) is 0 Å². The molecule has 0 aliphatic heterocycles. The highest BCUT2D eigenvalue weighted by Crippen LogP contribution is 2.29. The fraction of sp³-hybridized carbons (Fsp3) is 0.222. The van der Waals surface area contributed by atoms with Crippen molar-refractivity contribution in [1.82, 2.24) is 0 Å². The molecular weight excluding hydrogens is 192 g/mol. The summed E-state index contributed by atoms with van der Waals surface area (Å²) >= 11 is 5.63. The molecule has 0 saturated carbocycles. The van der Waals surface area contributed by atoms with Gasteiger partial charge >= 0.3 is 5.97 Å². The summed E-state index contributed by atoms with van der Waals surface area (Å²) in [5, 5.41) is 9.62. The van der Waals surface area contributed by atoms with E-state index in [4.69, 9.17) is 11.6 Å². The lowest BCUT2D eigenvalue weighted by atomic mass is 10.1. The van der Waals surface area contributed by atoms with Gasteiger partial charge in [-0.3, -0.25) is 0 Å². The molecule has 1 aromatic carbocycles. The molecule has 0 radical (unpaired) electrons. The minimum Gasteiger partial charge on any atom is -0.506 e. The number of carbonyl (C=O) groups excluding carboxylic acids is 1. The predicted octanol–water partition coefficient (Wildman–Crippen LogP) is 2.14. The van der Waals surface area contributed by atoms with E-state index >= 15 is 0 Å². The van der Waals surface area contributed by atoms with Crippen LogP contribution in [0, 0.1) is 6.92 Å². The molecule has 13 heavy (non-hydrogen) atoms. The number of phenolic OH excluding ortho intramolecular Hbond substituents is 1. The first kappa shape index (κ1) is 9.86. The number of benzene rings is 1. The van der Waals surface area contributed by atoms with Crippen molar-refractivity contribution >= 4 is 17.6 Å². The molecular formula is C9H9ClO3. The summed E-state index contributed by atoms with van der Waals surface area (Å²) in [5.74, 6) is -0.561. The van der Waals surface area contributed by atoms with Crippen LogP contribution in [-0.2, 0) is 4.74 Å². The highest BCUT2D eigenvalue weighted by Gasteiger charge is 2.13. The monoisotopic (exact) mass is 200 g/mol. The molecule has 0 fully saturated rings. The van der Waals surface area contributed by atoms with Crippen LogP contribution < -0.4 is 0 Å². The number of hydrogen-bond acceptors (Lipinski definition) is 3. The third-order valence-electron chi connectivity index (χ3n) is 1.79. The molecule has 4 heteroatoms. The molecule has 1 N–H and O–H groups in total. The number of ether oxygens (including phenoxy) is 1. The van der Waals surface area contributed by atoms with Gasteiger partial charge in [-0.25, -0.2) is 4.79 Å². The molecule has 0 aromatic heterocycles. The first-order valence-corrected chi connectivity index (χ1v) is 4.02. The molecule has 0 amide bonds. The van der Waals surface area contributed by atoms with E-state index in [1.807, 2.05) is 0 Å². The van der Waals surface area contributed by atoms with Crippen LogP contribution in [0.25, 0.3) is 0 Å². The van der Waals surface area contributed by atoms with Gasteiger partial charge in [-0.15, -0.1) is 0 Å². The quantitative estimate of drug-likeness (QED) is 0.707. The Morgan fingerprint density at radius 3 is 2.69 bits per heavy atom. The summed E-state index contributed by atoms with van der Waals surface area (Å²) in [6, 6.07) is 2.97. The van der Waals surface area contributed by atoms with Gasteiger partial charge in [-0.2, -0.15) is 0 Å². The first-order valence-electron chi connectivity index (χ1n) is 3.64. The fourth-order valence-corrected chi connectivity index (χ4v) is 1.20. The van der Waals surface area contributed by atoms with E-state index < -0.39 is 5.97 Å². The topological polar surface area (TPSA) is 46.5 Å². The molecule has 0 saturated heterocycles. The van der Waals surface area contributed by atoms with Crippen molar-refractivity contribution in [3.8, 4) is 5.75 Å². The van der Waals surface area contributed by atoms with Crippen LogP contribution in [0.1, 0.15) is 15.9 Å². The number of aromatic hydroxyl groups is 1. The van der Waals surface area contributed by atoms with Crippen LogP contribution in [0.15, 0.2) is 12.1 Å². The van der Waals surface area contributed by atoms with Crippen molar-refractivity contribution in [3.63, 3.8) is 0 Å². The third-order valence-corrected chi connectivity index (χ3v) is 2.09. The lowest BCUT2D eigenvalue weighted by molar-refractivity contribution is 0.0599. The second kappa shape index (κ2) is 3.66. The normalized spacial score (nSPS) is 9.77. The highest BCUT2D eigenvalue weighted by atomic mass is 35.5. The smallest absolute Gasteiger partial charge is 0.338 e. The van der Waals surface area contributed by atoms with Gasteiger partial charge in [0, 0.05) is 5.56 Å². The molecule has 3 nitrogen and oxygen atoms in total. The Morgan fingerprint density at radius 1 is 1.54 bits per heavy atom. The summed E-state index contributed by atoms with van der Waals surface area (Å²) in [5.41, 5.74) is 0.753. The Kier molecular flexibility index (Phi) is 2.78. The largest absolute Gasteiger partial charge is 0.506 e. The van der Waals surface area contributed by atoms with Crippen molar-refractivity contribution in [2.75, 3.05) is 7.11 Å². The van der Waals surface area contributed by atoms with Crippen LogP contribution >= 0.6 is 11.6 Å². The zero-order valence-electron chi connectivity index (χ0n) is 7.30. The lowest BCUT2D eigenvalue weighted by Crippen LogP contribution is -2.03. The molecule has 0 aliphatic carbocycles. The van der Waals surface area contributed by atoms with E-state index in [1.165, 1.54) is 19.2 Å². The number of esters is 1. The number of phenols is 1. The van der Waals surface area contributed by atoms with Crippen LogP contribution in [-0.4, -0.2) is 18.2 Å². The third kappa shape index (κ3) is 1.75. The van der Waals surface area contributed by atoms with Gasteiger partial charge in [0.05, 0.1) is 17.7 Å². The summed E-state index contributed by atoms with van der Waals surface area (Å²) in [7, 11) is 1.29. The maximum absolute atomic E-state index is 11.1. The predicted molar refractivity (Wildman–Crippen MR) is 49.2 cm³/mol. The van der Waals surface area contributed by atoms with Gasteiger partial charge in [-0.1, -0.05) is 11.6 Å². The number of hydrogen-bond donors (Lipinski definition) is 1. The van der Waals surface area contributed by atoms with Crippen molar-refractivity contribution in [1.29, 1.82) is 0 Å². The molecule has 0 unspecified atom stereocenters. The molecule has 70 valence electrons. The molecule has 0 aliphatic rings. The zero-order chi connectivity index (χ0) is 10.0. The Hall–Kier alpha value is -1.22. The Morgan fingerprint density at radius 2 is 2.15 bits per heavy atom. The number of rotatable bonds is 1. The maximum Gasteiger partial charge on any atom is 0.338 e. The van der Waals surface area contributed by atoms with Gasteiger partial charge in [-0.05, 0) is 19.1 Å². The first-order chi connectivity index (χ1) is 6.07. The van der Waals surface area contributed by atoms with Crippen LogP contribution in [0.5, 0.6) is 5.75 Å². The maximum atomic E-state index is 11.1. The molecule has 1 aromatic rings. The van der Waals surface area contributed by atoms with Gasteiger partial charge < -0.3 is 9.84 Å². The standard InChI is InChI=1S/C9H9ClO3/c1-5-6(9(12)13-2)3-4-7(10)8(5)11/h3-4,11H,1-2H3. The van der Waals surface area contributed by atoms with E-state index in [-0.39, 0.29) is 10.8 Å². The molecule has 0 atom stereocenters. The van der Waals surface area contributed by atoms with Gasteiger partial charge in [0.1, 0.15) is 5.75 Å². The summed E-state index contributed by atoms with van der Waals surface area (Å²) in [6.45, 7) is 1.60. The van der Waals surface area contributed by atoms with E-state index in [0.29, 0.717) is 11.1 Å².